The monoisotopic (exact) mass is 657 g/mol. The topological polar surface area (TPSA) is 62.3 Å². The molecule has 0 radical (unpaired) electrons. The number of aromatic nitrogens is 5. The zero-order chi connectivity index (χ0) is 35.3. The summed E-state index contributed by atoms with van der Waals surface area (Å²) in [5.74, 6) is 0.811. The first-order chi connectivity index (χ1) is 23.6. The molecular formula is C45H47N5. The lowest BCUT2D eigenvalue weighted by Gasteiger charge is -2.21. The van der Waals surface area contributed by atoms with E-state index in [0.29, 0.717) is 0 Å². The van der Waals surface area contributed by atoms with Crippen LogP contribution >= 0.6 is 0 Å². The molecule has 5 heteroatoms. The van der Waals surface area contributed by atoms with Gasteiger partial charge in [0.05, 0.1) is 22.2 Å². The van der Waals surface area contributed by atoms with Gasteiger partial charge >= 0.3 is 0 Å². The third-order valence-corrected chi connectivity index (χ3v) is 10.3. The summed E-state index contributed by atoms with van der Waals surface area (Å²) in [5.41, 5.74) is 13.4. The molecule has 4 aromatic carbocycles. The molecule has 0 amide bonds. The van der Waals surface area contributed by atoms with Gasteiger partial charge in [-0.1, -0.05) is 86.6 Å². The Morgan fingerprint density at radius 3 is 2.04 bits per heavy atom. The fraction of sp³-hybridized carbons (Fsp3) is 0.289. The van der Waals surface area contributed by atoms with Gasteiger partial charge in [0.2, 0.25) is 0 Å². The summed E-state index contributed by atoms with van der Waals surface area (Å²) in [6.07, 6.45) is 2.01. The molecule has 0 aliphatic heterocycles. The van der Waals surface area contributed by atoms with Crippen LogP contribution in [0.5, 0.6) is 0 Å². The summed E-state index contributed by atoms with van der Waals surface area (Å²) < 4.78 is 2.06. The molecule has 2 N–H and O–H groups in total. The van der Waals surface area contributed by atoms with Crippen molar-refractivity contribution in [2.75, 3.05) is 0 Å². The normalized spacial score (nSPS) is 13.0. The van der Waals surface area contributed by atoms with Crippen LogP contribution in [0, 0.1) is 6.92 Å². The van der Waals surface area contributed by atoms with Crippen molar-refractivity contribution in [3.8, 4) is 28.3 Å². The Kier molecular flexibility index (Phi) is 7.00. The number of pyridine rings is 1. The van der Waals surface area contributed by atoms with Crippen LogP contribution in [0.4, 0.5) is 0 Å². The van der Waals surface area contributed by atoms with E-state index in [1.54, 1.807) is 0 Å². The summed E-state index contributed by atoms with van der Waals surface area (Å²) in [5, 5.41) is 10.3. The Hall–Kier alpha value is -5.16. The highest BCUT2D eigenvalue weighted by Gasteiger charge is 2.25. The summed E-state index contributed by atoms with van der Waals surface area (Å²) in [4.78, 5) is 12.7. The van der Waals surface area contributed by atoms with E-state index in [0.717, 1.165) is 55.8 Å². The minimum absolute atomic E-state index is 0.0514. The number of benzene rings is 4. The van der Waals surface area contributed by atoms with E-state index in [-0.39, 0.29) is 16.2 Å². The van der Waals surface area contributed by atoms with E-state index in [2.05, 4.69) is 169 Å². The van der Waals surface area contributed by atoms with E-state index in [9.17, 15) is 0 Å². The molecule has 252 valence electrons. The molecule has 4 heterocycles. The fourth-order valence-electron chi connectivity index (χ4n) is 7.25. The summed E-state index contributed by atoms with van der Waals surface area (Å²) in [6.45, 7) is 22.7. The Morgan fingerprint density at radius 2 is 1.30 bits per heavy atom. The zero-order valence-electron chi connectivity index (χ0n) is 31.0. The number of hydrogen-bond donors (Lipinski definition) is 2. The summed E-state index contributed by atoms with van der Waals surface area (Å²) in [7, 11) is 0. The molecule has 8 rings (SSSR count). The number of H-pyrrole nitrogens is 2. The molecule has 0 atom stereocenters. The van der Waals surface area contributed by atoms with Crippen molar-refractivity contribution in [2.45, 2.75) is 85.5 Å². The highest BCUT2D eigenvalue weighted by atomic mass is 15.3. The Bertz CT molecular complexity index is 2600. The lowest BCUT2D eigenvalue weighted by atomic mass is 9.83. The van der Waals surface area contributed by atoms with Gasteiger partial charge in [0.15, 0.2) is 5.82 Å². The van der Waals surface area contributed by atoms with Gasteiger partial charge in [-0.15, -0.1) is 0 Å². The van der Waals surface area contributed by atoms with Gasteiger partial charge in [-0.2, -0.15) is 5.10 Å². The number of nitrogens with zero attached hydrogens (tertiary/aromatic N) is 3. The van der Waals surface area contributed by atoms with E-state index >= 15 is 0 Å². The number of rotatable bonds is 3. The van der Waals surface area contributed by atoms with Crippen molar-refractivity contribution in [3.05, 3.63) is 113 Å². The van der Waals surface area contributed by atoms with Crippen LogP contribution in [0.25, 0.3) is 71.9 Å². The molecule has 0 bridgehead atoms. The highest BCUT2D eigenvalue weighted by Crippen LogP contribution is 2.42. The number of hydrogen-bond acceptors (Lipinski definition) is 2. The molecule has 0 fully saturated rings. The lowest BCUT2D eigenvalue weighted by Crippen LogP contribution is -2.13. The second-order valence-electron chi connectivity index (χ2n) is 17.2. The van der Waals surface area contributed by atoms with Crippen LogP contribution in [-0.4, -0.2) is 24.7 Å². The molecule has 0 unspecified atom stereocenters. The number of para-hydroxylation sites is 1. The molecule has 8 aromatic rings. The molecule has 0 saturated heterocycles. The van der Waals surface area contributed by atoms with Gasteiger partial charge in [-0.25, -0.2) is 9.67 Å². The summed E-state index contributed by atoms with van der Waals surface area (Å²) in [6, 6.07) is 31.2. The van der Waals surface area contributed by atoms with Gasteiger partial charge in [0, 0.05) is 44.4 Å². The predicted molar refractivity (Wildman–Crippen MR) is 212 cm³/mol. The first kappa shape index (κ1) is 32.1. The average molecular weight is 658 g/mol. The van der Waals surface area contributed by atoms with Crippen LogP contribution in [-0.2, 0) is 16.2 Å². The predicted octanol–water partition coefficient (Wildman–Crippen LogP) is 12.1. The molecule has 5 nitrogen and oxygen atoms in total. The molecule has 4 aromatic heterocycles. The first-order valence-corrected chi connectivity index (χ1v) is 17.8. The fourth-order valence-corrected chi connectivity index (χ4v) is 7.25. The maximum Gasteiger partial charge on any atom is 0.155 e. The summed E-state index contributed by atoms with van der Waals surface area (Å²) >= 11 is 0. The van der Waals surface area contributed by atoms with E-state index in [1.165, 1.54) is 38.4 Å². The van der Waals surface area contributed by atoms with Crippen LogP contribution in [0.2, 0.25) is 0 Å². The molecular weight excluding hydrogens is 611 g/mol. The Balaban J connectivity index is 1.42. The minimum atomic E-state index is -0.0969. The van der Waals surface area contributed by atoms with Crippen molar-refractivity contribution >= 4 is 43.6 Å². The van der Waals surface area contributed by atoms with E-state index < -0.39 is 0 Å². The van der Waals surface area contributed by atoms with Crippen molar-refractivity contribution in [1.82, 2.24) is 24.7 Å². The lowest BCUT2D eigenvalue weighted by molar-refractivity contribution is 0.588. The first-order valence-electron chi connectivity index (χ1n) is 17.8. The average Bonchev–Trinajstić information content (AvgIpc) is 3.77. The van der Waals surface area contributed by atoms with Crippen molar-refractivity contribution in [2.24, 2.45) is 0 Å². The van der Waals surface area contributed by atoms with E-state index in [1.807, 2.05) is 6.20 Å². The highest BCUT2D eigenvalue weighted by molar-refractivity contribution is 6.14. The van der Waals surface area contributed by atoms with Crippen molar-refractivity contribution in [1.29, 1.82) is 0 Å². The number of nitrogens with one attached hydrogen (secondary N) is 2. The zero-order valence-corrected chi connectivity index (χ0v) is 31.0. The van der Waals surface area contributed by atoms with Crippen LogP contribution in [0.3, 0.4) is 0 Å². The Labute approximate surface area is 294 Å². The minimum Gasteiger partial charge on any atom is -0.361 e. The third kappa shape index (κ3) is 5.31. The van der Waals surface area contributed by atoms with Crippen LogP contribution in [0.15, 0.2) is 91.1 Å². The largest absolute Gasteiger partial charge is 0.361 e. The number of fused-ring (bicyclic) bond motifs is 5. The SMILES string of the molecule is Cc1cc(-c2cc(C(C)(C)C)cc(-n3nc(-c4cc(C(C)(C)C)cc5c4[nH]c4ccc(C(C)(C)C)cc45)c4ccccc43)n2)c2[nH]ccc2c1. The molecule has 0 spiro atoms. The van der Waals surface area contributed by atoms with Gasteiger partial charge in [0.1, 0.15) is 5.69 Å². The third-order valence-electron chi connectivity index (χ3n) is 10.3. The van der Waals surface area contributed by atoms with Gasteiger partial charge in [-0.3, -0.25) is 0 Å². The Morgan fingerprint density at radius 1 is 0.600 bits per heavy atom. The molecule has 0 aliphatic rings. The van der Waals surface area contributed by atoms with Crippen LogP contribution < -0.4 is 0 Å². The van der Waals surface area contributed by atoms with Gasteiger partial charge < -0.3 is 9.97 Å². The quantitative estimate of drug-likeness (QED) is 0.199. The van der Waals surface area contributed by atoms with Crippen molar-refractivity contribution < 1.29 is 0 Å². The maximum absolute atomic E-state index is 5.48. The maximum atomic E-state index is 5.48. The van der Waals surface area contributed by atoms with Gasteiger partial charge in [-0.05, 0) is 106 Å². The number of aryl methyl sites for hydroxylation is 1. The van der Waals surface area contributed by atoms with Crippen molar-refractivity contribution in [3.63, 3.8) is 0 Å². The molecule has 0 aliphatic carbocycles. The molecule has 0 saturated carbocycles. The molecule has 50 heavy (non-hydrogen) atoms. The number of aromatic amines is 2. The smallest absolute Gasteiger partial charge is 0.155 e. The van der Waals surface area contributed by atoms with Gasteiger partial charge in [0.25, 0.3) is 0 Å². The standard InChI is InChI=1S/C45H47N5/c1-26-19-27-17-18-46-40(27)34(20-26)37-24-30(45(8,9)10)25-39(47-37)50-38-14-12-11-13-31(38)42(49-50)35-23-29(44(5,6)7)22-33-32-21-28(43(2,3)4)15-16-36(32)48-41(33)35/h11-25,46,48H,1-10H3. The van der Waals surface area contributed by atoms with E-state index in [4.69, 9.17) is 10.1 Å². The second kappa shape index (κ2) is 10.9. The second-order valence-corrected chi connectivity index (χ2v) is 17.2. The van der Waals surface area contributed by atoms with Crippen LogP contribution in [0.1, 0.15) is 84.6 Å².